The largest absolute Gasteiger partial charge is 0.463 e. The van der Waals surface area contributed by atoms with Crippen LogP contribution in [0.1, 0.15) is 32.2 Å². The summed E-state index contributed by atoms with van der Waals surface area (Å²) >= 11 is 0. The Kier molecular flexibility index (Phi) is 2.97. The van der Waals surface area contributed by atoms with Crippen molar-refractivity contribution in [3.8, 4) is 0 Å². The maximum Gasteiger partial charge on any atom is 0.231 e. The van der Waals surface area contributed by atoms with Gasteiger partial charge in [0.15, 0.2) is 11.3 Å². The first-order chi connectivity index (χ1) is 9.97. The fraction of sp³-hybridized carbons (Fsp3) is 0.286. The lowest BCUT2D eigenvalue weighted by atomic mass is 9.91. The van der Waals surface area contributed by atoms with Crippen LogP contribution in [0.15, 0.2) is 38.9 Å². The Morgan fingerprint density at radius 3 is 2.90 bits per heavy atom. The Hall–Kier alpha value is -2.70. The van der Waals surface area contributed by atoms with Crippen molar-refractivity contribution >= 4 is 17.5 Å². The van der Waals surface area contributed by atoms with Gasteiger partial charge in [0, 0.05) is 5.41 Å². The van der Waals surface area contributed by atoms with E-state index in [0.29, 0.717) is 17.1 Å². The maximum atomic E-state index is 12.6. The van der Waals surface area contributed by atoms with Crippen LogP contribution in [-0.2, 0) is 5.41 Å². The zero-order valence-corrected chi connectivity index (χ0v) is 12.0. The van der Waals surface area contributed by atoms with Crippen LogP contribution in [0, 0.1) is 0 Å². The summed E-state index contributed by atoms with van der Waals surface area (Å²) in [4.78, 5) is 16.9. The third-order valence-corrected chi connectivity index (χ3v) is 3.00. The Morgan fingerprint density at radius 2 is 2.24 bits per heavy atom. The van der Waals surface area contributed by atoms with Gasteiger partial charge < -0.3 is 4.42 Å². The van der Waals surface area contributed by atoms with Crippen LogP contribution >= 0.6 is 0 Å². The van der Waals surface area contributed by atoms with Gasteiger partial charge in [0.05, 0.1) is 12.5 Å². The number of aliphatic imine (C=N–C) groups is 1. The molecule has 0 radical (unpaired) electrons. The van der Waals surface area contributed by atoms with Crippen LogP contribution in [0.4, 0.5) is 5.69 Å². The monoisotopic (exact) mass is 285 g/mol. The number of furan rings is 1. The highest BCUT2D eigenvalue weighted by Crippen LogP contribution is 2.21. The number of nitrogens with one attached hydrogen (secondary N) is 1. The predicted octanol–water partition coefficient (Wildman–Crippen LogP) is 2.06. The highest BCUT2D eigenvalue weighted by molar-refractivity contribution is 5.81. The molecule has 3 heterocycles. The van der Waals surface area contributed by atoms with Gasteiger partial charge in [-0.15, -0.1) is 0 Å². The van der Waals surface area contributed by atoms with Crippen LogP contribution in [0.25, 0.3) is 5.65 Å². The van der Waals surface area contributed by atoms with Gasteiger partial charge in [-0.1, -0.05) is 20.8 Å². The molecule has 108 valence electrons. The van der Waals surface area contributed by atoms with Crippen molar-refractivity contribution in [3.05, 3.63) is 46.4 Å². The summed E-state index contributed by atoms with van der Waals surface area (Å²) in [6.07, 6.45) is 4.56. The summed E-state index contributed by atoms with van der Waals surface area (Å²) in [6, 6.07) is 3.52. The van der Waals surface area contributed by atoms with Gasteiger partial charge in [0.25, 0.3) is 0 Å². The topological polar surface area (TPSA) is 88.6 Å². The van der Waals surface area contributed by atoms with Gasteiger partial charge in [0.1, 0.15) is 17.8 Å². The van der Waals surface area contributed by atoms with E-state index in [1.54, 1.807) is 18.4 Å². The highest BCUT2D eigenvalue weighted by Gasteiger charge is 2.23. The van der Waals surface area contributed by atoms with Crippen LogP contribution in [0.2, 0.25) is 0 Å². The molecule has 7 nitrogen and oxygen atoms in total. The van der Waals surface area contributed by atoms with E-state index in [1.165, 1.54) is 17.1 Å². The van der Waals surface area contributed by atoms with Crippen LogP contribution in [-0.4, -0.2) is 26.0 Å². The zero-order chi connectivity index (χ0) is 15.0. The Morgan fingerprint density at radius 1 is 1.43 bits per heavy atom. The second-order valence-electron chi connectivity index (χ2n) is 5.70. The van der Waals surface area contributed by atoms with Crippen LogP contribution in [0.3, 0.4) is 0 Å². The van der Waals surface area contributed by atoms with Crippen LogP contribution < -0.4 is 5.43 Å². The molecule has 0 unspecified atom stereocenters. The third-order valence-electron chi connectivity index (χ3n) is 3.00. The predicted molar refractivity (Wildman–Crippen MR) is 78.3 cm³/mol. The number of aromatic amines is 1. The molecule has 0 amide bonds. The molecule has 0 aliphatic heterocycles. The van der Waals surface area contributed by atoms with Crippen molar-refractivity contribution in [2.45, 2.75) is 26.2 Å². The molecule has 21 heavy (non-hydrogen) atoms. The summed E-state index contributed by atoms with van der Waals surface area (Å²) < 4.78 is 6.71. The molecule has 0 aliphatic carbocycles. The number of H-pyrrole nitrogens is 1. The first-order valence-corrected chi connectivity index (χ1v) is 6.51. The van der Waals surface area contributed by atoms with Gasteiger partial charge in [-0.05, 0) is 12.1 Å². The van der Waals surface area contributed by atoms with E-state index in [1.807, 2.05) is 20.8 Å². The molecule has 0 fully saturated rings. The van der Waals surface area contributed by atoms with Crippen LogP contribution in [0.5, 0.6) is 0 Å². The first kappa shape index (κ1) is 13.3. The second kappa shape index (κ2) is 4.69. The van der Waals surface area contributed by atoms with Gasteiger partial charge >= 0.3 is 0 Å². The zero-order valence-electron chi connectivity index (χ0n) is 12.0. The van der Waals surface area contributed by atoms with Gasteiger partial charge in [-0.3, -0.25) is 9.89 Å². The summed E-state index contributed by atoms with van der Waals surface area (Å²) in [5, 5.41) is 11.0. The molecule has 0 saturated carbocycles. The minimum Gasteiger partial charge on any atom is -0.463 e. The number of fused-ring (bicyclic) bond motifs is 1. The molecule has 0 spiro atoms. The summed E-state index contributed by atoms with van der Waals surface area (Å²) in [7, 11) is 0. The van der Waals surface area contributed by atoms with E-state index in [9.17, 15) is 4.79 Å². The molecular weight excluding hydrogens is 270 g/mol. The number of aromatic nitrogens is 4. The molecule has 0 aliphatic rings. The molecule has 3 aromatic rings. The molecule has 0 aromatic carbocycles. The van der Waals surface area contributed by atoms with Crippen molar-refractivity contribution in [2.24, 2.45) is 4.99 Å². The lowest BCUT2D eigenvalue weighted by Gasteiger charge is -2.16. The first-order valence-electron chi connectivity index (χ1n) is 6.51. The van der Waals surface area contributed by atoms with Crippen molar-refractivity contribution < 1.29 is 4.42 Å². The normalized spacial score (nSPS) is 12.5. The standard InChI is InChI=1S/C14H15N5O2/c1-14(2,3)12-11(20)10(13-17-16-8-19(13)18-12)15-7-9-5-4-6-21-9/h4-8,17H,1-3H3. The van der Waals surface area contributed by atoms with E-state index in [4.69, 9.17) is 4.42 Å². The Bertz CT molecular complexity index is 850. The molecule has 7 heteroatoms. The molecule has 0 bridgehead atoms. The van der Waals surface area contributed by atoms with Crippen molar-refractivity contribution in [2.75, 3.05) is 0 Å². The number of rotatable bonds is 2. The lowest BCUT2D eigenvalue weighted by molar-refractivity contribution is 0.548. The van der Waals surface area contributed by atoms with Gasteiger partial charge in [0.2, 0.25) is 5.43 Å². The average molecular weight is 285 g/mol. The van der Waals surface area contributed by atoms with E-state index in [2.05, 4.69) is 20.3 Å². The van der Waals surface area contributed by atoms with Crippen molar-refractivity contribution in [1.82, 2.24) is 19.8 Å². The highest BCUT2D eigenvalue weighted by atomic mass is 16.3. The number of hydrogen-bond donors (Lipinski definition) is 1. The summed E-state index contributed by atoms with van der Waals surface area (Å²) in [6.45, 7) is 5.80. The Labute approximate surface area is 120 Å². The maximum absolute atomic E-state index is 12.6. The SMILES string of the molecule is CC(C)(C)c1nn2cn[nH]c2c(N=Cc2ccco2)c1=O. The van der Waals surface area contributed by atoms with Crippen molar-refractivity contribution in [1.29, 1.82) is 0 Å². The summed E-state index contributed by atoms with van der Waals surface area (Å²) in [5.41, 5.74) is 0.562. The van der Waals surface area contributed by atoms with Crippen molar-refractivity contribution in [3.63, 3.8) is 0 Å². The molecule has 3 rings (SSSR count). The second-order valence-corrected chi connectivity index (χ2v) is 5.70. The number of nitrogens with zero attached hydrogens (tertiary/aromatic N) is 4. The van der Waals surface area contributed by atoms with E-state index in [0.717, 1.165) is 0 Å². The molecule has 0 saturated heterocycles. The molecule has 1 N–H and O–H groups in total. The quantitative estimate of drug-likeness (QED) is 0.730. The summed E-state index contributed by atoms with van der Waals surface area (Å²) in [5.74, 6) is 0.571. The van der Waals surface area contributed by atoms with E-state index in [-0.39, 0.29) is 16.5 Å². The minimum atomic E-state index is -0.384. The lowest BCUT2D eigenvalue weighted by Crippen LogP contribution is -2.26. The number of hydrogen-bond acceptors (Lipinski definition) is 5. The van der Waals surface area contributed by atoms with E-state index < -0.39 is 0 Å². The Balaban J connectivity index is 2.22. The van der Waals surface area contributed by atoms with Gasteiger partial charge in [-0.25, -0.2) is 9.51 Å². The smallest absolute Gasteiger partial charge is 0.231 e. The molecule has 0 atom stereocenters. The fourth-order valence-electron chi connectivity index (χ4n) is 1.97. The molecular formula is C14H15N5O2. The minimum absolute atomic E-state index is 0.213. The third kappa shape index (κ3) is 2.37. The van der Waals surface area contributed by atoms with Gasteiger partial charge in [-0.2, -0.15) is 10.2 Å². The average Bonchev–Trinajstić information content (AvgIpc) is 3.06. The van der Waals surface area contributed by atoms with E-state index >= 15 is 0 Å². The fourth-order valence-corrected chi connectivity index (χ4v) is 1.97. The molecule has 3 aromatic heterocycles.